The molecule has 2 unspecified atom stereocenters. The van der Waals surface area contributed by atoms with E-state index in [4.69, 9.17) is 15.9 Å². The summed E-state index contributed by atoms with van der Waals surface area (Å²) in [5, 5.41) is 11.6. The quantitative estimate of drug-likeness (QED) is 0.134. The van der Waals surface area contributed by atoms with Gasteiger partial charge in [-0.2, -0.15) is 4.72 Å². The highest BCUT2D eigenvalue weighted by atomic mass is 32.2. The summed E-state index contributed by atoms with van der Waals surface area (Å²) in [7, 11) is -4.04. The number of nitrogens with one attached hydrogen (secondary N) is 4. The van der Waals surface area contributed by atoms with Gasteiger partial charge in [0.1, 0.15) is 18.4 Å². The van der Waals surface area contributed by atoms with Crippen molar-refractivity contribution in [1.29, 1.82) is 5.41 Å². The van der Waals surface area contributed by atoms with E-state index in [2.05, 4.69) is 15.0 Å². The predicted octanol–water partition coefficient (Wildman–Crippen LogP) is 3.36. The minimum absolute atomic E-state index is 0.0208. The molecular weight excluding hydrogens is 552 g/mol. The number of benzene rings is 3. The number of aromatic nitrogens is 1. The van der Waals surface area contributed by atoms with Crippen molar-refractivity contribution in [2.45, 2.75) is 36.8 Å². The van der Waals surface area contributed by atoms with Crippen molar-refractivity contribution in [1.82, 2.24) is 19.9 Å². The molecule has 1 fully saturated rings. The zero-order chi connectivity index (χ0) is 29.5. The number of aromatic amines is 1. The van der Waals surface area contributed by atoms with Crippen LogP contribution in [0.15, 0.2) is 90.0 Å². The van der Waals surface area contributed by atoms with Crippen molar-refractivity contribution in [3.8, 4) is 5.75 Å². The summed E-state index contributed by atoms with van der Waals surface area (Å²) in [6, 6.07) is 22.5. The Morgan fingerprint density at radius 3 is 2.57 bits per heavy atom. The molecule has 11 heteroatoms. The maximum absolute atomic E-state index is 13.5. The van der Waals surface area contributed by atoms with Crippen molar-refractivity contribution >= 4 is 32.8 Å². The fourth-order valence-electron chi connectivity index (χ4n) is 5.24. The average molecular weight is 589 g/mol. The molecule has 0 radical (unpaired) electrons. The molecular formula is C31H36N6O4S. The van der Waals surface area contributed by atoms with E-state index in [1.165, 1.54) is 12.1 Å². The molecule has 1 saturated heterocycles. The topological polar surface area (TPSA) is 153 Å². The monoisotopic (exact) mass is 588 g/mol. The predicted molar refractivity (Wildman–Crippen MR) is 163 cm³/mol. The first kappa shape index (κ1) is 29.2. The van der Waals surface area contributed by atoms with Crippen LogP contribution in [-0.4, -0.2) is 55.8 Å². The van der Waals surface area contributed by atoms with Gasteiger partial charge < -0.3 is 25.7 Å². The smallest absolute Gasteiger partial charge is 0.241 e. The van der Waals surface area contributed by atoms with Crippen molar-refractivity contribution in [2.24, 2.45) is 11.7 Å². The van der Waals surface area contributed by atoms with Crippen molar-refractivity contribution in [3.05, 3.63) is 96.2 Å². The minimum atomic E-state index is -4.04. The third-order valence-corrected chi connectivity index (χ3v) is 9.01. The highest BCUT2D eigenvalue weighted by Crippen LogP contribution is 2.22. The molecule has 1 aliphatic rings. The number of nitrogens with zero attached hydrogens (tertiary/aromatic N) is 1. The third-order valence-electron chi connectivity index (χ3n) is 7.52. The molecule has 2 atom stereocenters. The SMILES string of the molecule is N=C(N)N1CCCC(CNC(=O)C(Cc2c[nH]c3ccccc23)NS(=O)(=O)c2ccc(OCc3ccccc3)cc2)C1. The van der Waals surface area contributed by atoms with Crippen molar-refractivity contribution < 1.29 is 17.9 Å². The largest absolute Gasteiger partial charge is 0.489 e. The van der Waals surface area contributed by atoms with Crippen LogP contribution in [0, 0.1) is 11.3 Å². The van der Waals surface area contributed by atoms with Crippen LogP contribution in [-0.2, 0) is 27.8 Å². The lowest BCUT2D eigenvalue weighted by molar-refractivity contribution is -0.122. The number of para-hydroxylation sites is 1. The molecule has 3 aromatic carbocycles. The van der Waals surface area contributed by atoms with Gasteiger partial charge >= 0.3 is 0 Å². The molecule has 10 nitrogen and oxygen atoms in total. The van der Waals surface area contributed by atoms with Crippen LogP contribution in [0.2, 0.25) is 0 Å². The van der Waals surface area contributed by atoms with E-state index in [-0.39, 0.29) is 23.2 Å². The molecule has 0 spiro atoms. The Balaban J connectivity index is 1.29. The number of fused-ring (bicyclic) bond motifs is 1. The van der Waals surface area contributed by atoms with Gasteiger partial charge in [-0.25, -0.2) is 8.42 Å². The first-order valence-corrected chi connectivity index (χ1v) is 15.5. The van der Waals surface area contributed by atoms with E-state index in [1.54, 1.807) is 17.0 Å². The Morgan fingerprint density at radius 2 is 1.81 bits per heavy atom. The summed E-state index contributed by atoms with van der Waals surface area (Å²) >= 11 is 0. The number of carbonyl (C=O) groups excluding carboxylic acids is 1. The fraction of sp³-hybridized carbons (Fsp3) is 0.290. The van der Waals surface area contributed by atoms with Crippen LogP contribution < -0.4 is 20.5 Å². The third kappa shape index (κ3) is 7.29. The second-order valence-corrected chi connectivity index (χ2v) is 12.3. The number of carbonyl (C=O) groups is 1. The zero-order valence-electron chi connectivity index (χ0n) is 23.3. The number of nitrogens with two attached hydrogens (primary N) is 1. The summed E-state index contributed by atoms with van der Waals surface area (Å²) in [5.41, 5.74) is 8.41. The zero-order valence-corrected chi connectivity index (χ0v) is 24.1. The molecule has 1 aliphatic heterocycles. The lowest BCUT2D eigenvalue weighted by Crippen LogP contribution is -2.51. The molecule has 2 heterocycles. The van der Waals surface area contributed by atoms with Gasteiger partial charge in [-0.15, -0.1) is 0 Å². The number of guanidine groups is 1. The molecule has 220 valence electrons. The lowest BCUT2D eigenvalue weighted by atomic mass is 9.98. The van der Waals surface area contributed by atoms with Crippen molar-refractivity contribution in [3.63, 3.8) is 0 Å². The molecule has 5 rings (SSSR count). The van der Waals surface area contributed by atoms with Gasteiger partial charge in [-0.1, -0.05) is 48.5 Å². The molecule has 1 amide bonds. The first-order valence-electron chi connectivity index (χ1n) is 14.0. The highest BCUT2D eigenvalue weighted by molar-refractivity contribution is 7.89. The van der Waals surface area contributed by atoms with Gasteiger partial charge in [0.05, 0.1) is 4.90 Å². The number of piperidine rings is 1. The number of hydrogen-bond acceptors (Lipinski definition) is 5. The van der Waals surface area contributed by atoms with Gasteiger partial charge in [0.25, 0.3) is 0 Å². The van der Waals surface area contributed by atoms with Crippen LogP contribution in [0.3, 0.4) is 0 Å². The van der Waals surface area contributed by atoms with E-state index in [0.717, 1.165) is 41.4 Å². The number of hydrogen-bond donors (Lipinski definition) is 5. The standard InChI is InChI=1S/C31H36N6O4S/c32-31(33)37-16-6-9-23(20-37)18-35-30(38)29(17-24-19-34-28-11-5-4-10-27(24)28)36-42(39,40)26-14-12-25(13-15-26)41-21-22-7-2-1-3-8-22/h1-5,7-8,10-15,19,23,29,34,36H,6,9,16-18,20-21H2,(H3,32,33)(H,35,38). The van der Waals surface area contributed by atoms with E-state index in [0.29, 0.717) is 25.4 Å². The van der Waals surface area contributed by atoms with Gasteiger partial charge in [0.15, 0.2) is 5.96 Å². The maximum Gasteiger partial charge on any atom is 0.241 e. The molecule has 0 saturated carbocycles. The van der Waals surface area contributed by atoms with Crippen LogP contribution in [0.25, 0.3) is 10.9 Å². The molecule has 6 N–H and O–H groups in total. The minimum Gasteiger partial charge on any atom is -0.489 e. The molecule has 1 aromatic heterocycles. The van der Waals surface area contributed by atoms with E-state index in [1.807, 2.05) is 60.8 Å². The normalized spacial score (nSPS) is 16.2. The Kier molecular flexibility index (Phi) is 9.09. The van der Waals surface area contributed by atoms with Gasteiger partial charge in [-0.3, -0.25) is 10.2 Å². The van der Waals surface area contributed by atoms with E-state index < -0.39 is 22.0 Å². The number of H-pyrrole nitrogens is 1. The summed E-state index contributed by atoms with van der Waals surface area (Å²) in [6.45, 7) is 2.03. The maximum atomic E-state index is 13.5. The van der Waals surface area contributed by atoms with Crippen LogP contribution in [0.4, 0.5) is 0 Å². The van der Waals surface area contributed by atoms with Crippen molar-refractivity contribution in [2.75, 3.05) is 19.6 Å². The Hall–Kier alpha value is -4.35. The fourth-order valence-corrected chi connectivity index (χ4v) is 6.43. The van der Waals surface area contributed by atoms with Crippen LogP contribution in [0.1, 0.15) is 24.0 Å². The Bertz CT molecular complexity index is 1620. The van der Waals surface area contributed by atoms with E-state index >= 15 is 0 Å². The average Bonchev–Trinajstić information content (AvgIpc) is 3.42. The Labute approximate surface area is 245 Å². The molecule has 0 bridgehead atoms. The van der Waals surface area contributed by atoms with E-state index in [9.17, 15) is 13.2 Å². The highest BCUT2D eigenvalue weighted by Gasteiger charge is 2.28. The summed E-state index contributed by atoms with van der Waals surface area (Å²) in [6.07, 6.45) is 3.74. The molecule has 4 aromatic rings. The molecule has 42 heavy (non-hydrogen) atoms. The first-order chi connectivity index (χ1) is 20.3. The summed E-state index contributed by atoms with van der Waals surface area (Å²) in [4.78, 5) is 18.5. The second kappa shape index (κ2) is 13.1. The number of likely N-dealkylation sites (tertiary alicyclic amines) is 1. The lowest BCUT2D eigenvalue weighted by Gasteiger charge is -2.33. The van der Waals surface area contributed by atoms with Gasteiger partial charge in [0.2, 0.25) is 15.9 Å². The number of rotatable bonds is 11. The second-order valence-electron chi connectivity index (χ2n) is 10.6. The number of amides is 1. The number of sulfonamides is 1. The van der Waals surface area contributed by atoms with Gasteiger partial charge in [0, 0.05) is 36.7 Å². The number of ether oxygens (including phenoxy) is 1. The van der Waals surface area contributed by atoms with Crippen LogP contribution >= 0.6 is 0 Å². The molecule has 0 aliphatic carbocycles. The Morgan fingerprint density at radius 1 is 1.07 bits per heavy atom. The summed E-state index contributed by atoms with van der Waals surface area (Å²) in [5.74, 6) is 0.262. The summed E-state index contributed by atoms with van der Waals surface area (Å²) < 4.78 is 35.4. The van der Waals surface area contributed by atoms with Crippen LogP contribution in [0.5, 0.6) is 5.75 Å². The van der Waals surface area contributed by atoms with Gasteiger partial charge in [-0.05, 0) is 66.6 Å².